The molecule has 0 saturated heterocycles. The minimum Gasteiger partial charge on any atom is -0.491 e. The Morgan fingerprint density at radius 1 is 1.06 bits per heavy atom. The first-order chi connectivity index (χ1) is 8.01. The molecule has 0 aliphatic heterocycles. The minimum atomic E-state index is -4.62. The van der Waals surface area contributed by atoms with E-state index in [4.69, 9.17) is 9.84 Å². The van der Waals surface area contributed by atoms with Crippen LogP contribution >= 0.6 is 0 Å². The zero-order valence-corrected chi connectivity index (χ0v) is 9.04. The number of aliphatic hydroxyl groups is 1. The van der Waals surface area contributed by atoms with Gasteiger partial charge in [0.05, 0.1) is 6.61 Å². The van der Waals surface area contributed by atoms with Crippen LogP contribution in [0.2, 0.25) is 0 Å². The maximum Gasteiger partial charge on any atom is 0.522 e. The molecule has 0 fully saturated rings. The van der Waals surface area contributed by atoms with Gasteiger partial charge >= 0.3 is 6.36 Å². The maximum atomic E-state index is 11.6. The fraction of sp³-hybridized carbons (Fsp3) is 0.455. The Morgan fingerprint density at radius 2 is 1.71 bits per heavy atom. The normalized spacial score (nSPS) is 11.5. The summed E-state index contributed by atoms with van der Waals surface area (Å²) in [5.41, 5.74) is 0.936. The first-order valence-corrected chi connectivity index (χ1v) is 5.04. The van der Waals surface area contributed by atoms with Gasteiger partial charge in [-0.3, -0.25) is 4.74 Å². The van der Waals surface area contributed by atoms with Gasteiger partial charge in [-0.2, -0.15) is 0 Å². The van der Waals surface area contributed by atoms with E-state index in [1.807, 2.05) is 0 Å². The van der Waals surface area contributed by atoms with Gasteiger partial charge in [0.25, 0.3) is 0 Å². The van der Waals surface area contributed by atoms with E-state index in [0.29, 0.717) is 12.2 Å². The molecule has 0 unspecified atom stereocenters. The molecule has 1 rings (SSSR count). The van der Waals surface area contributed by atoms with Crippen LogP contribution in [0.4, 0.5) is 13.2 Å². The molecule has 0 bridgehead atoms. The summed E-state index contributed by atoms with van der Waals surface area (Å²) in [7, 11) is 0. The number of hydrogen-bond donors (Lipinski definition) is 1. The Bertz CT molecular complexity index is 322. The van der Waals surface area contributed by atoms with Crippen molar-refractivity contribution < 1.29 is 27.8 Å². The number of benzene rings is 1. The van der Waals surface area contributed by atoms with Crippen LogP contribution in [-0.2, 0) is 11.2 Å². The molecule has 0 saturated carbocycles. The van der Waals surface area contributed by atoms with Gasteiger partial charge < -0.3 is 9.84 Å². The first kappa shape index (κ1) is 13.8. The standard InChI is InChI=1S/C11H13F3O3/c12-11(13,14)17-8-7-16-10-3-1-9(2-4-10)5-6-15/h1-4,15H,5-8H2. The maximum absolute atomic E-state index is 11.6. The molecule has 17 heavy (non-hydrogen) atoms. The SMILES string of the molecule is OCCc1ccc(OCCOC(F)(F)F)cc1. The summed E-state index contributed by atoms with van der Waals surface area (Å²) in [5, 5.41) is 8.68. The molecule has 1 N–H and O–H groups in total. The average Bonchev–Trinajstić information content (AvgIpc) is 2.26. The van der Waals surface area contributed by atoms with E-state index < -0.39 is 13.0 Å². The summed E-state index contributed by atoms with van der Waals surface area (Å²) in [5.74, 6) is 0.470. The van der Waals surface area contributed by atoms with E-state index in [0.717, 1.165) is 5.56 Å². The third-order valence-electron chi connectivity index (χ3n) is 1.94. The van der Waals surface area contributed by atoms with E-state index in [2.05, 4.69) is 4.74 Å². The van der Waals surface area contributed by atoms with Crippen LogP contribution in [0.3, 0.4) is 0 Å². The van der Waals surface area contributed by atoms with Gasteiger partial charge in [-0.1, -0.05) is 12.1 Å². The van der Waals surface area contributed by atoms with Gasteiger partial charge in [-0.25, -0.2) is 0 Å². The van der Waals surface area contributed by atoms with Crippen molar-refractivity contribution in [1.29, 1.82) is 0 Å². The van der Waals surface area contributed by atoms with Crippen LogP contribution in [0, 0.1) is 0 Å². The van der Waals surface area contributed by atoms with E-state index in [1.54, 1.807) is 24.3 Å². The monoisotopic (exact) mass is 250 g/mol. The topological polar surface area (TPSA) is 38.7 Å². The molecule has 0 amide bonds. The van der Waals surface area contributed by atoms with Crippen molar-refractivity contribution >= 4 is 0 Å². The number of alkyl halides is 3. The summed E-state index contributed by atoms with van der Waals surface area (Å²) in [4.78, 5) is 0. The third-order valence-corrected chi connectivity index (χ3v) is 1.94. The van der Waals surface area contributed by atoms with Crippen molar-refractivity contribution in [3.63, 3.8) is 0 Å². The number of rotatable bonds is 6. The van der Waals surface area contributed by atoms with E-state index in [1.165, 1.54) is 0 Å². The highest BCUT2D eigenvalue weighted by molar-refractivity contribution is 5.27. The van der Waals surface area contributed by atoms with Crippen molar-refractivity contribution in [2.45, 2.75) is 12.8 Å². The smallest absolute Gasteiger partial charge is 0.491 e. The largest absolute Gasteiger partial charge is 0.522 e. The van der Waals surface area contributed by atoms with Crippen molar-refractivity contribution in [1.82, 2.24) is 0 Å². The van der Waals surface area contributed by atoms with Crippen LogP contribution in [-0.4, -0.2) is 31.3 Å². The highest BCUT2D eigenvalue weighted by Crippen LogP contribution is 2.16. The predicted octanol–water partition coefficient (Wildman–Crippen LogP) is 2.14. The second kappa shape index (κ2) is 6.46. The van der Waals surface area contributed by atoms with Crippen molar-refractivity contribution in [3.8, 4) is 5.75 Å². The van der Waals surface area contributed by atoms with E-state index >= 15 is 0 Å². The summed E-state index contributed by atoms with van der Waals surface area (Å²) in [6.45, 7) is -0.652. The predicted molar refractivity (Wildman–Crippen MR) is 54.7 cm³/mol. The highest BCUT2D eigenvalue weighted by Gasteiger charge is 2.28. The Balaban J connectivity index is 2.27. The molecule has 0 spiro atoms. The Hall–Kier alpha value is -1.27. The average molecular weight is 250 g/mol. The van der Waals surface area contributed by atoms with Crippen LogP contribution in [0.1, 0.15) is 5.56 Å². The van der Waals surface area contributed by atoms with Gasteiger partial charge in [0, 0.05) is 6.61 Å². The summed E-state index contributed by atoms with van der Waals surface area (Å²) < 4.78 is 43.5. The molecule has 0 atom stereocenters. The lowest BCUT2D eigenvalue weighted by atomic mass is 10.1. The van der Waals surface area contributed by atoms with Crippen molar-refractivity contribution in [2.75, 3.05) is 19.8 Å². The van der Waals surface area contributed by atoms with Crippen molar-refractivity contribution in [3.05, 3.63) is 29.8 Å². The molecule has 0 aliphatic rings. The van der Waals surface area contributed by atoms with Crippen LogP contribution in [0.25, 0.3) is 0 Å². The molecule has 0 aliphatic carbocycles. The van der Waals surface area contributed by atoms with Crippen molar-refractivity contribution in [2.24, 2.45) is 0 Å². The van der Waals surface area contributed by atoms with Crippen LogP contribution in [0.15, 0.2) is 24.3 Å². The second-order valence-electron chi connectivity index (χ2n) is 3.26. The zero-order chi connectivity index (χ0) is 12.7. The molecule has 0 radical (unpaired) electrons. The molecule has 6 heteroatoms. The van der Waals surface area contributed by atoms with Gasteiger partial charge in [0.15, 0.2) is 0 Å². The molecule has 0 heterocycles. The summed E-state index contributed by atoms with van der Waals surface area (Å²) in [6, 6.07) is 6.77. The molecule has 96 valence electrons. The first-order valence-electron chi connectivity index (χ1n) is 5.04. The fourth-order valence-corrected chi connectivity index (χ4v) is 1.20. The molecular weight excluding hydrogens is 237 g/mol. The quantitative estimate of drug-likeness (QED) is 0.786. The highest BCUT2D eigenvalue weighted by atomic mass is 19.4. The number of halogens is 3. The van der Waals surface area contributed by atoms with Gasteiger partial charge in [0.2, 0.25) is 0 Å². The lowest BCUT2D eigenvalue weighted by Gasteiger charge is -2.09. The lowest BCUT2D eigenvalue weighted by molar-refractivity contribution is -0.325. The fourth-order valence-electron chi connectivity index (χ4n) is 1.20. The van der Waals surface area contributed by atoms with Gasteiger partial charge in [0.1, 0.15) is 12.4 Å². The number of aliphatic hydroxyl groups excluding tert-OH is 1. The Labute approximate surface area is 96.8 Å². The molecule has 1 aromatic carbocycles. The van der Waals surface area contributed by atoms with E-state index in [9.17, 15) is 13.2 Å². The summed E-state index contributed by atoms with van der Waals surface area (Å²) in [6.07, 6.45) is -4.08. The minimum absolute atomic E-state index is 0.0552. The lowest BCUT2D eigenvalue weighted by Crippen LogP contribution is -2.18. The second-order valence-corrected chi connectivity index (χ2v) is 3.26. The summed E-state index contributed by atoms with van der Waals surface area (Å²) >= 11 is 0. The van der Waals surface area contributed by atoms with Crippen LogP contribution < -0.4 is 4.74 Å². The van der Waals surface area contributed by atoms with Crippen LogP contribution in [0.5, 0.6) is 5.75 Å². The molecule has 0 aromatic heterocycles. The van der Waals surface area contributed by atoms with E-state index in [-0.39, 0.29) is 13.2 Å². The Kier molecular flexibility index (Phi) is 5.24. The molecule has 1 aromatic rings. The molecule has 3 nitrogen and oxygen atoms in total. The third kappa shape index (κ3) is 6.13. The Morgan fingerprint density at radius 3 is 2.24 bits per heavy atom. The number of ether oxygens (including phenoxy) is 2. The van der Waals surface area contributed by atoms with Gasteiger partial charge in [-0.15, -0.1) is 13.2 Å². The molecular formula is C11H13F3O3. The zero-order valence-electron chi connectivity index (χ0n) is 9.04. The van der Waals surface area contributed by atoms with Gasteiger partial charge in [-0.05, 0) is 24.1 Å². The number of hydrogen-bond acceptors (Lipinski definition) is 3.